The van der Waals surface area contributed by atoms with Gasteiger partial charge in [0.25, 0.3) is 0 Å². The molecule has 0 saturated heterocycles. The van der Waals surface area contributed by atoms with Crippen LogP contribution in [-0.4, -0.2) is 32.6 Å². The lowest BCUT2D eigenvalue weighted by molar-refractivity contribution is 0.111. The molecule has 0 radical (unpaired) electrons. The van der Waals surface area contributed by atoms with Gasteiger partial charge < -0.3 is 14.2 Å². The number of rotatable bonds is 5. The SMILES string of the molecule is COc1cc(OC)c(-c2cccc(C=O)n2)c(OC)c1. The summed E-state index contributed by atoms with van der Waals surface area (Å²) < 4.78 is 15.9. The van der Waals surface area contributed by atoms with Gasteiger partial charge in [0.15, 0.2) is 6.29 Å². The molecule has 0 aliphatic heterocycles. The number of hydrogen-bond acceptors (Lipinski definition) is 5. The van der Waals surface area contributed by atoms with Gasteiger partial charge in [-0.3, -0.25) is 4.79 Å². The Balaban J connectivity index is 2.67. The summed E-state index contributed by atoms with van der Waals surface area (Å²) in [7, 11) is 4.68. The van der Waals surface area contributed by atoms with E-state index in [9.17, 15) is 4.79 Å². The Morgan fingerprint density at radius 2 is 1.65 bits per heavy atom. The van der Waals surface area contributed by atoms with Crippen LogP contribution < -0.4 is 14.2 Å². The first kappa shape index (κ1) is 13.9. The Labute approximate surface area is 117 Å². The Hall–Kier alpha value is -2.56. The largest absolute Gasteiger partial charge is 0.496 e. The molecule has 2 rings (SSSR count). The summed E-state index contributed by atoms with van der Waals surface area (Å²) in [5.41, 5.74) is 1.63. The molecular weight excluding hydrogens is 258 g/mol. The lowest BCUT2D eigenvalue weighted by Gasteiger charge is -2.14. The molecule has 1 aromatic carbocycles. The molecule has 0 fully saturated rings. The van der Waals surface area contributed by atoms with Crippen LogP contribution in [0.25, 0.3) is 11.3 Å². The number of benzene rings is 1. The van der Waals surface area contributed by atoms with Gasteiger partial charge in [-0.25, -0.2) is 4.98 Å². The van der Waals surface area contributed by atoms with Crippen molar-refractivity contribution in [3.63, 3.8) is 0 Å². The molecule has 0 amide bonds. The fraction of sp³-hybridized carbons (Fsp3) is 0.200. The van der Waals surface area contributed by atoms with Crippen LogP contribution in [0.3, 0.4) is 0 Å². The number of carbonyl (C=O) groups is 1. The second-order valence-electron chi connectivity index (χ2n) is 3.97. The Morgan fingerprint density at radius 1 is 1.00 bits per heavy atom. The number of carbonyl (C=O) groups excluding carboxylic acids is 1. The van der Waals surface area contributed by atoms with E-state index in [1.807, 2.05) is 0 Å². The van der Waals surface area contributed by atoms with Gasteiger partial charge in [-0.2, -0.15) is 0 Å². The zero-order chi connectivity index (χ0) is 14.5. The van der Waals surface area contributed by atoms with Crippen LogP contribution in [0.15, 0.2) is 30.3 Å². The number of aromatic nitrogens is 1. The normalized spacial score (nSPS) is 9.95. The van der Waals surface area contributed by atoms with Crippen LogP contribution in [0.1, 0.15) is 10.5 Å². The standard InChI is InChI=1S/C15H15NO4/c1-18-11-7-13(19-2)15(14(8-11)20-3)12-6-4-5-10(9-17)16-12/h4-9H,1-3H3. The van der Waals surface area contributed by atoms with Gasteiger partial charge in [0.1, 0.15) is 22.9 Å². The molecule has 20 heavy (non-hydrogen) atoms. The Bertz CT molecular complexity index is 600. The number of ether oxygens (including phenoxy) is 3. The third-order valence-electron chi connectivity index (χ3n) is 2.86. The molecule has 1 aromatic heterocycles. The van der Waals surface area contributed by atoms with E-state index in [-0.39, 0.29) is 0 Å². The summed E-state index contributed by atoms with van der Waals surface area (Å²) in [4.78, 5) is 15.1. The number of nitrogens with zero attached hydrogens (tertiary/aromatic N) is 1. The minimum atomic E-state index is 0.349. The van der Waals surface area contributed by atoms with Crippen molar-refractivity contribution in [1.82, 2.24) is 4.98 Å². The first-order valence-corrected chi connectivity index (χ1v) is 5.96. The maximum Gasteiger partial charge on any atom is 0.168 e. The van der Waals surface area contributed by atoms with Crippen LogP contribution in [0.5, 0.6) is 17.2 Å². The minimum absolute atomic E-state index is 0.349. The van der Waals surface area contributed by atoms with Gasteiger partial charge >= 0.3 is 0 Å². The van der Waals surface area contributed by atoms with Gasteiger partial charge in [0.2, 0.25) is 0 Å². The van der Waals surface area contributed by atoms with E-state index >= 15 is 0 Å². The average Bonchev–Trinajstić information content (AvgIpc) is 2.53. The molecule has 0 N–H and O–H groups in total. The minimum Gasteiger partial charge on any atom is -0.496 e. The predicted octanol–water partition coefficient (Wildman–Crippen LogP) is 2.59. The van der Waals surface area contributed by atoms with Crippen LogP contribution >= 0.6 is 0 Å². The van der Waals surface area contributed by atoms with Gasteiger partial charge in [0.05, 0.1) is 32.6 Å². The molecule has 0 saturated carbocycles. The van der Waals surface area contributed by atoms with Crippen molar-refractivity contribution in [3.8, 4) is 28.5 Å². The second-order valence-corrected chi connectivity index (χ2v) is 3.97. The fourth-order valence-electron chi connectivity index (χ4n) is 1.91. The van der Waals surface area contributed by atoms with Crippen molar-refractivity contribution in [2.45, 2.75) is 0 Å². The lowest BCUT2D eigenvalue weighted by atomic mass is 10.1. The summed E-state index contributed by atoms with van der Waals surface area (Å²) >= 11 is 0. The van der Waals surface area contributed by atoms with Gasteiger partial charge in [-0.05, 0) is 12.1 Å². The zero-order valence-corrected chi connectivity index (χ0v) is 11.5. The molecule has 0 spiro atoms. The van der Waals surface area contributed by atoms with Crippen molar-refractivity contribution in [2.24, 2.45) is 0 Å². The molecule has 0 unspecified atom stereocenters. The highest BCUT2D eigenvalue weighted by Crippen LogP contribution is 2.40. The first-order chi connectivity index (χ1) is 9.73. The fourth-order valence-corrected chi connectivity index (χ4v) is 1.91. The molecule has 5 nitrogen and oxygen atoms in total. The third-order valence-corrected chi connectivity index (χ3v) is 2.86. The Kier molecular flexibility index (Phi) is 4.20. The number of hydrogen-bond donors (Lipinski definition) is 0. The maximum absolute atomic E-state index is 10.9. The van der Waals surface area contributed by atoms with Crippen molar-refractivity contribution < 1.29 is 19.0 Å². The Morgan fingerprint density at radius 3 is 2.15 bits per heavy atom. The highest BCUT2D eigenvalue weighted by atomic mass is 16.5. The summed E-state index contributed by atoms with van der Waals surface area (Å²) in [6, 6.07) is 8.67. The van der Waals surface area contributed by atoms with Crippen molar-refractivity contribution in [2.75, 3.05) is 21.3 Å². The topological polar surface area (TPSA) is 57.7 Å². The van der Waals surface area contributed by atoms with Crippen molar-refractivity contribution in [1.29, 1.82) is 0 Å². The summed E-state index contributed by atoms with van der Waals surface area (Å²) in [6.45, 7) is 0. The number of aldehydes is 1. The highest BCUT2D eigenvalue weighted by molar-refractivity contribution is 5.79. The van der Waals surface area contributed by atoms with Crippen LogP contribution in [0.4, 0.5) is 0 Å². The van der Waals surface area contributed by atoms with E-state index < -0.39 is 0 Å². The summed E-state index contributed by atoms with van der Waals surface area (Å²) in [5, 5.41) is 0. The second kappa shape index (κ2) is 6.06. The predicted molar refractivity (Wildman–Crippen MR) is 74.7 cm³/mol. The number of pyridine rings is 1. The summed E-state index contributed by atoms with van der Waals surface area (Å²) in [6.07, 6.45) is 0.700. The van der Waals surface area contributed by atoms with Crippen LogP contribution in [0.2, 0.25) is 0 Å². The van der Waals surface area contributed by atoms with Crippen molar-refractivity contribution in [3.05, 3.63) is 36.0 Å². The quantitative estimate of drug-likeness (QED) is 0.784. The van der Waals surface area contributed by atoms with E-state index in [4.69, 9.17) is 14.2 Å². The molecule has 0 bridgehead atoms. The van der Waals surface area contributed by atoms with Gasteiger partial charge in [-0.1, -0.05) is 6.07 Å². The monoisotopic (exact) mass is 273 g/mol. The number of methoxy groups -OCH3 is 3. The molecule has 5 heteroatoms. The van der Waals surface area contributed by atoms with Crippen LogP contribution in [-0.2, 0) is 0 Å². The molecule has 0 aliphatic carbocycles. The maximum atomic E-state index is 10.9. The average molecular weight is 273 g/mol. The van der Waals surface area contributed by atoms with Gasteiger partial charge in [0, 0.05) is 12.1 Å². The molecule has 104 valence electrons. The van der Waals surface area contributed by atoms with E-state index in [1.165, 1.54) is 0 Å². The van der Waals surface area contributed by atoms with E-state index in [1.54, 1.807) is 51.7 Å². The first-order valence-electron chi connectivity index (χ1n) is 5.96. The summed E-state index contributed by atoms with van der Waals surface area (Å²) in [5.74, 6) is 1.75. The smallest absolute Gasteiger partial charge is 0.168 e. The third kappa shape index (κ3) is 2.56. The van der Waals surface area contributed by atoms with Gasteiger partial charge in [-0.15, -0.1) is 0 Å². The molecule has 0 aliphatic rings. The molecule has 0 atom stereocenters. The van der Waals surface area contributed by atoms with E-state index in [2.05, 4.69) is 4.98 Å². The van der Waals surface area contributed by atoms with E-state index in [0.717, 1.165) is 0 Å². The zero-order valence-electron chi connectivity index (χ0n) is 11.5. The highest BCUT2D eigenvalue weighted by Gasteiger charge is 2.16. The molecule has 1 heterocycles. The van der Waals surface area contributed by atoms with Crippen LogP contribution in [0, 0.1) is 0 Å². The molecule has 2 aromatic rings. The molecular formula is C15H15NO4. The van der Waals surface area contributed by atoms with Crippen molar-refractivity contribution >= 4 is 6.29 Å². The van der Waals surface area contributed by atoms with E-state index in [0.29, 0.717) is 40.5 Å². The lowest BCUT2D eigenvalue weighted by Crippen LogP contribution is -1.97.